The van der Waals surface area contributed by atoms with Gasteiger partial charge in [-0.2, -0.15) is 0 Å². The van der Waals surface area contributed by atoms with Crippen LogP contribution in [0.1, 0.15) is 56.6 Å². The van der Waals surface area contributed by atoms with E-state index in [1.54, 1.807) is 0 Å². The van der Waals surface area contributed by atoms with Crippen LogP contribution in [-0.4, -0.2) is 18.7 Å². The first kappa shape index (κ1) is 17.5. The first-order valence-corrected chi connectivity index (χ1v) is 9.36. The molecule has 0 saturated heterocycles. The highest BCUT2D eigenvalue weighted by atomic mass is 16.5. The van der Waals surface area contributed by atoms with E-state index in [9.17, 15) is 4.79 Å². The Morgan fingerprint density at radius 2 is 1.48 bits per heavy atom. The monoisotopic (exact) mass is 337 g/mol. The fourth-order valence-electron chi connectivity index (χ4n) is 3.79. The minimum absolute atomic E-state index is 0.119. The Labute approximate surface area is 150 Å². The van der Waals surface area contributed by atoms with E-state index in [1.807, 2.05) is 0 Å². The van der Waals surface area contributed by atoms with Crippen LogP contribution in [0.4, 0.5) is 4.79 Å². The minimum Gasteiger partial charge on any atom is -0.449 e. The molecule has 1 aliphatic rings. The maximum Gasteiger partial charge on any atom is 0.407 e. The van der Waals surface area contributed by atoms with E-state index in [1.165, 1.54) is 22.3 Å². The second-order valence-corrected chi connectivity index (χ2v) is 6.74. The predicted molar refractivity (Wildman–Crippen MR) is 102 cm³/mol. The number of fused-ring (bicyclic) bond motifs is 3. The van der Waals surface area contributed by atoms with Gasteiger partial charge in [0.1, 0.15) is 6.61 Å². The molecule has 2 aromatic carbocycles. The molecule has 0 fully saturated rings. The molecular formula is C22H27NO2. The summed E-state index contributed by atoms with van der Waals surface area (Å²) in [6.45, 7) is 4.66. The molecule has 2 aromatic rings. The van der Waals surface area contributed by atoms with Gasteiger partial charge in [-0.1, -0.05) is 75.2 Å². The topological polar surface area (TPSA) is 38.3 Å². The number of hydrogen-bond donors (Lipinski definition) is 1. The summed E-state index contributed by atoms with van der Waals surface area (Å²) >= 11 is 0. The summed E-state index contributed by atoms with van der Waals surface area (Å²) in [5.41, 5.74) is 4.99. The van der Waals surface area contributed by atoms with Gasteiger partial charge in [-0.05, 0) is 35.1 Å². The second kappa shape index (κ2) is 8.19. The number of benzene rings is 2. The molecule has 0 spiro atoms. The van der Waals surface area contributed by atoms with E-state index in [2.05, 4.69) is 67.7 Å². The zero-order chi connectivity index (χ0) is 17.6. The van der Waals surface area contributed by atoms with Gasteiger partial charge in [0.25, 0.3) is 0 Å². The molecule has 25 heavy (non-hydrogen) atoms. The molecule has 1 N–H and O–H groups in total. The molecule has 132 valence electrons. The van der Waals surface area contributed by atoms with Crippen molar-refractivity contribution in [3.8, 4) is 11.1 Å². The van der Waals surface area contributed by atoms with Crippen molar-refractivity contribution in [3.63, 3.8) is 0 Å². The van der Waals surface area contributed by atoms with Crippen molar-refractivity contribution >= 4 is 6.09 Å². The summed E-state index contributed by atoms with van der Waals surface area (Å²) < 4.78 is 5.61. The highest BCUT2D eigenvalue weighted by Crippen LogP contribution is 2.44. The lowest BCUT2D eigenvalue weighted by Crippen LogP contribution is -2.35. The predicted octanol–water partition coefficient (Wildman–Crippen LogP) is 5.49. The highest BCUT2D eigenvalue weighted by molar-refractivity contribution is 5.79. The lowest BCUT2D eigenvalue weighted by atomic mass is 9.98. The Balaban J connectivity index is 1.68. The maximum atomic E-state index is 12.3. The van der Waals surface area contributed by atoms with E-state index >= 15 is 0 Å². The summed E-state index contributed by atoms with van der Waals surface area (Å²) in [6.07, 6.45) is 3.83. The van der Waals surface area contributed by atoms with Crippen LogP contribution in [-0.2, 0) is 4.74 Å². The molecule has 0 unspecified atom stereocenters. The van der Waals surface area contributed by atoms with E-state index in [4.69, 9.17) is 4.74 Å². The van der Waals surface area contributed by atoms with Crippen molar-refractivity contribution < 1.29 is 9.53 Å². The van der Waals surface area contributed by atoms with Crippen LogP contribution in [0.15, 0.2) is 48.5 Å². The molecule has 3 rings (SSSR count). The summed E-state index contributed by atoms with van der Waals surface area (Å²) in [5, 5.41) is 3.03. The fraction of sp³-hybridized carbons (Fsp3) is 0.409. The molecule has 3 heteroatoms. The smallest absolute Gasteiger partial charge is 0.407 e. The third-order valence-electron chi connectivity index (χ3n) is 4.94. The van der Waals surface area contributed by atoms with Gasteiger partial charge in [0.05, 0.1) is 0 Å². The largest absolute Gasteiger partial charge is 0.449 e. The van der Waals surface area contributed by atoms with Crippen LogP contribution < -0.4 is 5.32 Å². The number of alkyl carbamates (subject to hydrolysis) is 1. The molecule has 0 bridgehead atoms. The quantitative estimate of drug-likeness (QED) is 0.725. The Morgan fingerprint density at radius 1 is 0.960 bits per heavy atom. The van der Waals surface area contributed by atoms with E-state index < -0.39 is 0 Å². The zero-order valence-electron chi connectivity index (χ0n) is 15.1. The summed E-state index contributed by atoms with van der Waals surface area (Å²) in [4.78, 5) is 12.3. The molecule has 0 saturated carbocycles. The molecule has 0 atom stereocenters. The van der Waals surface area contributed by atoms with Gasteiger partial charge in [0.15, 0.2) is 0 Å². The molecule has 0 aromatic heterocycles. The first-order valence-electron chi connectivity index (χ1n) is 9.36. The Kier molecular flexibility index (Phi) is 5.75. The highest BCUT2D eigenvalue weighted by Gasteiger charge is 2.29. The standard InChI is InChI=1S/C22H27NO2/c1-3-9-16(10-4-2)23-22(24)25-15-21-19-13-7-5-11-17(19)18-12-6-8-14-20(18)21/h5-8,11-14,16,21H,3-4,9-10,15H2,1-2H3,(H,23,24). The number of ether oxygens (including phenoxy) is 1. The number of amides is 1. The van der Waals surface area contributed by atoms with Gasteiger partial charge in [0, 0.05) is 12.0 Å². The van der Waals surface area contributed by atoms with Crippen molar-refractivity contribution in [2.45, 2.75) is 51.5 Å². The minimum atomic E-state index is -0.297. The zero-order valence-corrected chi connectivity index (χ0v) is 15.1. The van der Waals surface area contributed by atoms with E-state index in [0.717, 1.165) is 25.7 Å². The van der Waals surface area contributed by atoms with Crippen molar-refractivity contribution in [3.05, 3.63) is 59.7 Å². The lowest BCUT2D eigenvalue weighted by Gasteiger charge is -2.19. The average molecular weight is 337 g/mol. The Hall–Kier alpha value is -2.29. The number of carbonyl (C=O) groups is 1. The number of nitrogens with one attached hydrogen (secondary N) is 1. The third kappa shape index (κ3) is 3.87. The molecule has 1 aliphatic carbocycles. The lowest BCUT2D eigenvalue weighted by molar-refractivity contribution is 0.137. The second-order valence-electron chi connectivity index (χ2n) is 6.74. The molecule has 1 amide bonds. The van der Waals surface area contributed by atoms with Crippen molar-refractivity contribution in [1.82, 2.24) is 5.32 Å². The van der Waals surface area contributed by atoms with Crippen molar-refractivity contribution in [1.29, 1.82) is 0 Å². The summed E-state index contributed by atoms with van der Waals surface area (Å²) in [7, 11) is 0. The van der Waals surface area contributed by atoms with Gasteiger partial charge in [0.2, 0.25) is 0 Å². The van der Waals surface area contributed by atoms with Crippen LogP contribution >= 0.6 is 0 Å². The molecule has 0 aliphatic heterocycles. The summed E-state index contributed by atoms with van der Waals surface area (Å²) in [6, 6.07) is 17.0. The van der Waals surface area contributed by atoms with E-state index in [-0.39, 0.29) is 18.1 Å². The Bertz CT molecular complexity index is 674. The van der Waals surface area contributed by atoms with Crippen molar-refractivity contribution in [2.75, 3.05) is 6.61 Å². The average Bonchev–Trinajstić information content (AvgIpc) is 2.94. The van der Waals surface area contributed by atoms with Gasteiger partial charge in [-0.25, -0.2) is 4.79 Å². The summed E-state index contributed by atoms with van der Waals surface area (Å²) in [5.74, 6) is 0.119. The van der Waals surface area contributed by atoms with Crippen LogP contribution in [0, 0.1) is 0 Å². The fourth-order valence-corrected chi connectivity index (χ4v) is 3.79. The third-order valence-corrected chi connectivity index (χ3v) is 4.94. The molecule has 0 radical (unpaired) electrons. The first-order chi connectivity index (χ1) is 12.2. The number of rotatable bonds is 7. The van der Waals surface area contributed by atoms with Crippen LogP contribution in [0.5, 0.6) is 0 Å². The van der Waals surface area contributed by atoms with Gasteiger partial charge in [-0.15, -0.1) is 0 Å². The van der Waals surface area contributed by atoms with Crippen LogP contribution in [0.25, 0.3) is 11.1 Å². The molecule has 0 heterocycles. The van der Waals surface area contributed by atoms with Crippen molar-refractivity contribution in [2.24, 2.45) is 0 Å². The molecular weight excluding hydrogens is 310 g/mol. The molecule has 3 nitrogen and oxygen atoms in total. The normalized spacial score (nSPS) is 12.8. The van der Waals surface area contributed by atoms with Gasteiger partial charge >= 0.3 is 6.09 Å². The number of carbonyl (C=O) groups excluding carboxylic acids is 1. The maximum absolute atomic E-state index is 12.3. The van der Waals surface area contributed by atoms with E-state index in [0.29, 0.717) is 6.61 Å². The van der Waals surface area contributed by atoms with Crippen LogP contribution in [0.3, 0.4) is 0 Å². The van der Waals surface area contributed by atoms with Crippen LogP contribution in [0.2, 0.25) is 0 Å². The Morgan fingerprint density at radius 3 is 2.00 bits per heavy atom. The van der Waals surface area contributed by atoms with Gasteiger partial charge < -0.3 is 10.1 Å². The van der Waals surface area contributed by atoms with Gasteiger partial charge in [-0.3, -0.25) is 0 Å². The number of hydrogen-bond acceptors (Lipinski definition) is 2. The SMILES string of the molecule is CCCC(CCC)NC(=O)OCC1c2ccccc2-c2ccccc21.